The molecule has 0 aromatic heterocycles. The quantitative estimate of drug-likeness (QED) is 0.735. The maximum absolute atomic E-state index is 11.5. The monoisotopic (exact) mass is 199 g/mol. The lowest BCUT2D eigenvalue weighted by atomic mass is 10.0. The van der Waals surface area contributed by atoms with Gasteiger partial charge in [0.2, 0.25) is 5.91 Å². The zero-order chi connectivity index (χ0) is 10.6. The van der Waals surface area contributed by atoms with Gasteiger partial charge in [0.15, 0.2) is 0 Å². The standard InChI is InChI=1S/C11H21NO2/c1-11(2,3)14-8-9-6-4-5-7-12-10(9)13/h9H,4-8H2,1-3H3,(H,12,13). The molecule has 0 saturated carbocycles. The van der Waals surface area contributed by atoms with Crippen LogP contribution in [0.4, 0.5) is 0 Å². The van der Waals surface area contributed by atoms with Crippen molar-refractivity contribution < 1.29 is 9.53 Å². The second-order valence-corrected chi connectivity index (χ2v) is 4.91. The third-order valence-electron chi connectivity index (χ3n) is 2.37. The Balaban J connectivity index is 2.37. The van der Waals surface area contributed by atoms with Crippen molar-refractivity contribution in [2.75, 3.05) is 13.2 Å². The Morgan fingerprint density at radius 2 is 2.14 bits per heavy atom. The number of hydrogen-bond donors (Lipinski definition) is 1. The van der Waals surface area contributed by atoms with Gasteiger partial charge < -0.3 is 10.1 Å². The van der Waals surface area contributed by atoms with Crippen molar-refractivity contribution in [1.29, 1.82) is 0 Å². The Morgan fingerprint density at radius 3 is 2.79 bits per heavy atom. The van der Waals surface area contributed by atoms with E-state index in [1.54, 1.807) is 0 Å². The highest BCUT2D eigenvalue weighted by Crippen LogP contribution is 2.16. The first-order valence-electron chi connectivity index (χ1n) is 5.41. The lowest BCUT2D eigenvalue weighted by molar-refractivity contribution is -0.128. The van der Waals surface area contributed by atoms with Crippen molar-refractivity contribution in [1.82, 2.24) is 5.32 Å². The van der Waals surface area contributed by atoms with Gasteiger partial charge in [-0.1, -0.05) is 6.42 Å². The van der Waals surface area contributed by atoms with Crippen LogP contribution in [-0.4, -0.2) is 24.7 Å². The molecule has 1 aliphatic heterocycles. The number of carbonyl (C=O) groups excluding carboxylic acids is 1. The summed E-state index contributed by atoms with van der Waals surface area (Å²) in [6.07, 6.45) is 3.18. The summed E-state index contributed by atoms with van der Waals surface area (Å²) < 4.78 is 5.63. The summed E-state index contributed by atoms with van der Waals surface area (Å²) in [4.78, 5) is 11.5. The first-order valence-corrected chi connectivity index (χ1v) is 5.41. The number of nitrogens with one attached hydrogen (secondary N) is 1. The minimum absolute atomic E-state index is 0.0525. The molecule has 1 atom stereocenters. The van der Waals surface area contributed by atoms with Gasteiger partial charge in [-0.2, -0.15) is 0 Å². The Morgan fingerprint density at radius 1 is 1.43 bits per heavy atom. The predicted octanol–water partition coefficient (Wildman–Crippen LogP) is 1.72. The molecule has 1 rings (SSSR count). The van der Waals surface area contributed by atoms with Crippen molar-refractivity contribution >= 4 is 5.91 Å². The number of carbonyl (C=O) groups is 1. The van der Waals surface area contributed by atoms with E-state index in [0.29, 0.717) is 6.61 Å². The fraction of sp³-hybridized carbons (Fsp3) is 0.909. The van der Waals surface area contributed by atoms with Crippen LogP contribution in [0, 0.1) is 5.92 Å². The van der Waals surface area contributed by atoms with E-state index < -0.39 is 0 Å². The molecule has 0 bridgehead atoms. The van der Waals surface area contributed by atoms with Gasteiger partial charge in [-0.25, -0.2) is 0 Å². The first kappa shape index (κ1) is 11.5. The predicted molar refractivity (Wildman–Crippen MR) is 56.1 cm³/mol. The Labute approximate surface area is 86.2 Å². The van der Waals surface area contributed by atoms with Crippen molar-refractivity contribution in [3.63, 3.8) is 0 Å². The summed E-state index contributed by atoms with van der Waals surface area (Å²) in [5, 5.41) is 2.91. The molecule has 82 valence electrons. The fourth-order valence-electron chi connectivity index (χ4n) is 1.51. The average molecular weight is 199 g/mol. The van der Waals surface area contributed by atoms with Crippen LogP contribution < -0.4 is 5.32 Å². The van der Waals surface area contributed by atoms with Crippen LogP contribution in [0.25, 0.3) is 0 Å². The summed E-state index contributed by atoms with van der Waals surface area (Å²) in [6.45, 7) is 7.42. The summed E-state index contributed by atoms with van der Waals surface area (Å²) in [5.41, 5.74) is -0.146. The van der Waals surface area contributed by atoms with E-state index in [0.717, 1.165) is 25.8 Å². The maximum atomic E-state index is 11.5. The minimum atomic E-state index is -0.146. The van der Waals surface area contributed by atoms with E-state index >= 15 is 0 Å². The number of hydrogen-bond acceptors (Lipinski definition) is 2. The highest BCUT2D eigenvalue weighted by Gasteiger charge is 2.22. The van der Waals surface area contributed by atoms with Gasteiger partial charge in [0.05, 0.1) is 18.1 Å². The van der Waals surface area contributed by atoms with Crippen LogP contribution in [-0.2, 0) is 9.53 Å². The van der Waals surface area contributed by atoms with Gasteiger partial charge >= 0.3 is 0 Å². The molecule has 1 amide bonds. The second kappa shape index (κ2) is 4.78. The topological polar surface area (TPSA) is 38.3 Å². The summed E-state index contributed by atoms with van der Waals surface area (Å²) in [6, 6.07) is 0. The molecule has 14 heavy (non-hydrogen) atoms. The molecule has 3 nitrogen and oxygen atoms in total. The smallest absolute Gasteiger partial charge is 0.225 e. The Hall–Kier alpha value is -0.570. The molecular formula is C11H21NO2. The highest BCUT2D eigenvalue weighted by atomic mass is 16.5. The molecule has 0 spiro atoms. The van der Waals surface area contributed by atoms with Gasteiger partial charge in [0, 0.05) is 6.54 Å². The molecule has 1 heterocycles. The first-order chi connectivity index (χ1) is 6.49. The molecule has 1 saturated heterocycles. The third kappa shape index (κ3) is 4.09. The molecular weight excluding hydrogens is 178 g/mol. The number of ether oxygens (including phenoxy) is 1. The fourth-order valence-corrected chi connectivity index (χ4v) is 1.51. The maximum Gasteiger partial charge on any atom is 0.225 e. The van der Waals surface area contributed by atoms with E-state index in [1.807, 2.05) is 20.8 Å². The van der Waals surface area contributed by atoms with Gasteiger partial charge in [0.25, 0.3) is 0 Å². The van der Waals surface area contributed by atoms with Crippen LogP contribution in [0.15, 0.2) is 0 Å². The van der Waals surface area contributed by atoms with E-state index in [9.17, 15) is 4.79 Å². The Bertz CT molecular complexity index is 196. The number of amides is 1. The SMILES string of the molecule is CC(C)(C)OCC1CCCCNC1=O. The zero-order valence-electron chi connectivity index (χ0n) is 9.43. The van der Waals surface area contributed by atoms with Crippen molar-refractivity contribution in [3.05, 3.63) is 0 Å². The van der Waals surface area contributed by atoms with E-state index in [2.05, 4.69) is 5.32 Å². The summed E-state index contributed by atoms with van der Waals surface area (Å²) in [5.74, 6) is 0.212. The molecule has 0 aromatic carbocycles. The molecule has 0 radical (unpaired) electrons. The molecule has 1 N–H and O–H groups in total. The Kier molecular flexibility index (Phi) is 3.93. The molecule has 0 aliphatic carbocycles. The van der Waals surface area contributed by atoms with Crippen LogP contribution in [0.5, 0.6) is 0 Å². The van der Waals surface area contributed by atoms with Gasteiger partial charge in [-0.05, 0) is 33.6 Å². The third-order valence-corrected chi connectivity index (χ3v) is 2.37. The van der Waals surface area contributed by atoms with Crippen LogP contribution in [0.2, 0.25) is 0 Å². The van der Waals surface area contributed by atoms with E-state index in [4.69, 9.17) is 4.74 Å². The van der Waals surface area contributed by atoms with Crippen LogP contribution in [0.1, 0.15) is 40.0 Å². The molecule has 1 unspecified atom stereocenters. The summed E-state index contributed by atoms with van der Waals surface area (Å²) >= 11 is 0. The lowest BCUT2D eigenvalue weighted by Crippen LogP contribution is -2.34. The second-order valence-electron chi connectivity index (χ2n) is 4.91. The molecule has 0 aromatic rings. The average Bonchev–Trinajstić information content (AvgIpc) is 2.25. The number of rotatable bonds is 2. The van der Waals surface area contributed by atoms with E-state index in [-0.39, 0.29) is 17.4 Å². The van der Waals surface area contributed by atoms with Gasteiger partial charge in [-0.3, -0.25) is 4.79 Å². The normalized spacial score (nSPS) is 24.2. The zero-order valence-corrected chi connectivity index (χ0v) is 9.43. The van der Waals surface area contributed by atoms with Crippen LogP contribution in [0.3, 0.4) is 0 Å². The molecule has 1 aliphatic rings. The van der Waals surface area contributed by atoms with E-state index in [1.165, 1.54) is 0 Å². The molecule has 1 fully saturated rings. The lowest BCUT2D eigenvalue weighted by Gasteiger charge is -2.22. The van der Waals surface area contributed by atoms with Gasteiger partial charge in [-0.15, -0.1) is 0 Å². The van der Waals surface area contributed by atoms with Gasteiger partial charge in [0.1, 0.15) is 0 Å². The van der Waals surface area contributed by atoms with Crippen molar-refractivity contribution in [2.24, 2.45) is 5.92 Å². The van der Waals surface area contributed by atoms with Crippen molar-refractivity contribution in [3.8, 4) is 0 Å². The van der Waals surface area contributed by atoms with Crippen LogP contribution >= 0.6 is 0 Å². The molecule has 3 heteroatoms. The largest absolute Gasteiger partial charge is 0.375 e. The highest BCUT2D eigenvalue weighted by molar-refractivity contribution is 5.78. The summed E-state index contributed by atoms with van der Waals surface area (Å²) in [7, 11) is 0. The van der Waals surface area contributed by atoms with Crippen molar-refractivity contribution in [2.45, 2.75) is 45.6 Å². The minimum Gasteiger partial charge on any atom is -0.375 e.